The minimum absolute atomic E-state index is 0.0796. The molecule has 38 heavy (non-hydrogen) atoms. The van der Waals surface area contributed by atoms with Crippen LogP contribution in [0.4, 0.5) is 48.5 Å². The number of carbonyl (C=O) groups excluding carboxylic acids is 1. The molecule has 2 amide bonds. The van der Waals surface area contributed by atoms with Gasteiger partial charge in [0.15, 0.2) is 0 Å². The summed E-state index contributed by atoms with van der Waals surface area (Å²) in [5, 5.41) is 10.4. The number of hydrogen-bond acceptors (Lipinski definition) is 7. The van der Waals surface area contributed by atoms with Crippen molar-refractivity contribution >= 4 is 23.4 Å². The van der Waals surface area contributed by atoms with Crippen LogP contribution in [0.25, 0.3) is 0 Å². The van der Waals surface area contributed by atoms with Crippen LogP contribution in [0.3, 0.4) is 0 Å². The van der Waals surface area contributed by atoms with Crippen molar-refractivity contribution in [3.8, 4) is 0 Å². The van der Waals surface area contributed by atoms with E-state index in [4.69, 9.17) is 0 Å². The van der Waals surface area contributed by atoms with Gasteiger partial charge in [-0.15, -0.1) is 0 Å². The lowest BCUT2D eigenvalue weighted by Crippen LogP contribution is -2.50. The maximum Gasteiger partial charge on any atom is 0.423 e. The lowest BCUT2D eigenvalue weighted by Gasteiger charge is -2.34. The molecule has 1 aliphatic rings. The first kappa shape index (κ1) is 26.7. The van der Waals surface area contributed by atoms with E-state index < -0.39 is 40.8 Å². The molecule has 3 aromatic rings. The lowest BCUT2D eigenvalue weighted by molar-refractivity contribution is -0.139. The number of anilines is 3. The molecule has 202 valence electrons. The van der Waals surface area contributed by atoms with Crippen molar-refractivity contribution in [1.29, 1.82) is 0 Å². The van der Waals surface area contributed by atoms with Gasteiger partial charge in [0, 0.05) is 50.8 Å². The topological polar surface area (TPSA) is 119 Å². The van der Waals surface area contributed by atoms with Gasteiger partial charge in [-0.2, -0.15) is 31.4 Å². The van der Waals surface area contributed by atoms with Gasteiger partial charge in [0.05, 0.1) is 17.4 Å². The van der Waals surface area contributed by atoms with Crippen LogP contribution in [0.15, 0.2) is 47.7 Å². The van der Waals surface area contributed by atoms with E-state index in [1.807, 2.05) is 0 Å². The highest BCUT2D eigenvalue weighted by Crippen LogP contribution is 2.32. The summed E-state index contributed by atoms with van der Waals surface area (Å²) in [5.74, 6) is 0.127. The third kappa shape index (κ3) is 6.30. The standard InChI is InChI=1S/C22H20F6N8O2/c23-21(24,25)14-10-30-19(31-11-14)35-4-6-36(7-5-35)20(38)33-15-3-1-2-13(8-15)9-29-16-12-32-34-18(37)17(16)22(26,27)28/h1-3,8,10-12H,4-7,9H2,(H,33,38)(H2,29,34,37). The molecular formula is C22H20F6N8O2. The van der Waals surface area contributed by atoms with E-state index in [-0.39, 0.29) is 25.6 Å². The normalized spacial score (nSPS) is 14.4. The number of urea groups is 1. The van der Waals surface area contributed by atoms with Gasteiger partial charge in [0.25, 0.3) is 5.56 Å². The van der Waals surface area contributed by atoms with Crippen molar-refractivity contribution in [3.05, 3.63) is 69.9 Å². The summed E-state index contributed by atoms with van der Waals surface area (Å²) < 4.78 is 77.7. The minimum Gasteiger partial charge on any atom is -0.379 e. The van der Waals surface area contributed by atoms with E-state index in [9.17, 15) is 35.9 Å². The fraction of sp³-hybridized carbons (Fsp3) is 0.318. The van der Waals surface area contributed by atoms with Crippen LogP contribution in [0.2, 0.25) is 0 Å². The van der Waals surface area contributed by atoms with Crippen LogP contribution >= 0.6 is 0 Å². The number of benzene rings is 1. The van der Waals surface area contributed by atoms with Crippen molar-refractivity contribution in [2.75, 3.05) is 41.7 Å². The summed E-state index contributed by atoms with van der Waals surface area (Å²) in [6, 6.07) is 5.96. The van der Waals surface area contributed by atoms with Crippen LogP contribution in [0.5, 0.6) is 0 Å². The fourth-order valence-corrected chi connectivity index (χ4v) is 3.71. The number of hydrogen-bond donors (Lipinski definition) is 3. The molecular weight excluding hydrogens is 522 g/mol. The number of aromatic amines is 1. The lowest BCUT2D eigenvalue weighted by atomic mass is 10.2. The molecule has 10 nitrogen and oxygen atoms in total. The zero-order valence-corrected chi connectivity index (χ0v) is 19.4. The van der Waals surface area contributed by atoms with Crippen molar-refractivity contribution < 1.29 is 31.1 Å². The SMILES string of the molecule is O=C(Nc1cccc(CNc2cn[nH]c(=O)c2C(F)(F)F)c1)N1CCN(c2ncc(C(F)(F)F)cn2)CC1. The molecule has 1 saturated heterocycles. The van der Waals surface area contributed by atoms with Crippen LogP contribution < -0.4 is 21.1 Å². The first-order valence-electron chi connectivity index (χ1n) is 11.1. The molecule has 1 aliphatic heterocycles. The summed E-state index contributed by atoms with van der Waals surface area (Å²) in [4.78, 5) is 35.0. The molecule has 0 atom stereocenters. The molecule has 3 N–H and O–H groups in total. The summed E-state index contributed by atoms with van der Waals surface area (Å²) >= 11 is 0. The Labute approximate surface area is 210 Å². The number of rotatable bonds is 5. The van der Waals surface area contributed by atoms with Gasteiger partial charge >= 0.3 is 18.4 Å². The highest BCUT2D eigenvalue weighted by atomic mass is 19.4. The summed E-state index contributed by atoms with van der Waals surface area (Å²) in [6.07, 6.45) is -7.13. The predicted molar refractivity (Wildman–Crippen MR) is 123 cm³/mol. The molecule has 0 unspecified atom stereocenters. The molecule has 0 spiro atoms. The van der Waals surface area contributed by atoms with Crippen LogP contribution in [-0.4, -0.2) is 57.3 Å². The Morgan fingerprint density at radius 3 is 2.29 bits per heavy atom. The first-order valence-corrected chi connectivity index (χ1v) is 11.1. The number of nitrogens with one attached hydrogen (secondary N) is 3. The van der Waals surface area contributed by atoms with Crippen molar-refractivity contribution in [3.63, 3.8) is 0 Å². The Kier molecular flexibility index (Phi) is 7.41. The van der Waals surface area contributed by atoms with Crippen LogP contribution in [0, 0.1) is 0 Å². The summed E-state index contributed by atoms with van der Waals surface area (Å²) in [5.41, 5.74) is -3.27. The van der Waals surface area contributed by atoms with Gasteiger partial charge in [0.1, 0.15) is 5.56 Å². The highest BCUT2D eigenvalue weighted by molar-refractivity contribution is 5.89. The highest BCUT2D eigenvalue weighted by Gasteiger charge is 2.37. The maximum absolute atomic E-state index is 13.2. The van der Waals surface area contributed by atoms with Crippen LogP contribution in [0.1, 0.15) is 16.7 Å². The number of amides is 2. The molecule has 0 aliphatic carbocycles. The van der Waals surface area contributed by atoms with E-state index in [1.165, 1.54) is 4.90 Å². The van der Waals surface area contributed by atoms with Gasteiger partial charge in [-0.1, -0.05) is 12.1 Å². The maximum atomic E-state index is 13.2. The number of aromatic nitrogens is 4. The Bertz CT molecular complexity index is 1340. The van der Waals surface area contributed by atoms with Gasteiger partial charge in [-0.25, -0.2) is 19.9 Å². The number of nitrogens with zero attached hydrogens (tertiary/aromatic N) is 5. The average Bonchev–Trinajstić information content (AvgIpc) is 2.86. The predicted octanol–water partition coefficient (Wildman–Crippen LogP) is 3.56. The summed E-state index contributed by atoms with van der Waals surface area (Å²) in [6.45, 7) is 1.03. The molecule has 0 saturated carbocycles. The van der Waals surface area contributed by atoms with E-state index in [0.717, 1.165) is 6.20 Å². The molecule has 1 aromatic carbocycles. The third-order valence-electron chi connectivity index (χ3n) is 5.62. The molecule has 4 rings (SSSR count). The monoisotopic (exact) mass is 542 g/mol. The first-order chi connectivity index (χ1) is 17.9. The number of halogens is 6. The van der Waals surface area contributed by atoms with Crippen molar-refractivity contribution in [1.82, 2.24) is 25.1 Å². The zero-order chi connectivity index (χ0) is 27.5. The Morgan fingerprint density at radius 1 is 0.974 bits per heavy atom. The molecule has 1 fully saturated rings. The Hall–Kier alpha value is -4.37. The van der Waals surface area contributed by atoms with E-state index >= 15 is 0 Å². The van der Waals surface area contributed by atoms with E-state index in [0.29, 0.717) is 36.7 Å². The smallest absolute Gasteiger partial charge is 0.379 e. The summed E-state index contributed by atoms with van der Waals surface area (Å²) in [7, 11) is 0. The molecule has 0 bridgehead atoms. The van der Waals surface area contributed by atoms with E-state index in [2.05, 4.69) is 25.7 Å². The van der Waals surface area contributed by atoms with Gasteiger partial charge in [-0.3, -0.25) is 4.79 Å². The van der Waals surface area contributed by atoms with Crippen LogP contribution in [-0.2, 0) is 18.9 Å². The van der Waals surface area contributed by atoms with Crippen molar-refractivity contribution in [2.24, 2.45) is 0 Å². The Balaban J connectivity index is 1.33. The second-order valence-corrected chi connectivity index (χ2v) is 8.21. The van der Waals surface area contributed by atoms with E-state index in [1.54, 1.807) is 34.3 Å². The fourth-order valence-electron chi connectivity index (χ4n) is 3.71. The quantitative estimate of drug-likeness (QED) is 0.422. The Morgan fingerprint density at radius 2 is 1.66 bits per heavy atom. The second kappa shape index (κ2) is 10.5. The number of piperazine rings is 1. The third-order valence-corrected chi connectivity index (χ3v) is 5.62. The molecule has 16 heteroatoms. The average molecular weight is 542 g/mol. The number of H-pyrrole nitrogens is 1. The molecule has 2 aromatic heterocycles. The zero-order valence-electron chi connectivity index (χ0n) is 19.4. The largest absolute Gasteiger partial charge is 0.423 e. The second-order valence-electron chi connectivity index (χ2n) is 8.21. The van der Waals surface area contributed by atoms with Gasteiger partial charge < -0.3 is 20.4 Å². The van der Waals surface area contributed by atoms with Crippen molar-refractivity contribution in [2.45, 2.75) is 18.9 Å². The number of carbonyl (C=O) groups is 1. The molecule has 0 radical (unpaired) electrons. The minimum atomic E-state index is -4.88. The van der Waals surface area contributed by atoms with Gasteiger partial charge in [0.2, 0.25) is 5.95 Å². The number of alkyl halides is 6. The van der Waals surface area contributed by atoms with Gasteiger partial charge in [-0.05, 0) is 17.7 Å². The molecule has 3 heterocycles.